The zero-order chi connectivity index (χ0) is 13.9. The second kappa shape index (κ2) is 5.67. The summed E-state index contributed by atoms with van der Waals surface area (Å²) in [5.41, 5.74) is 7.36. The molecule has 0 bridgehead atoms. The van der Waals surface area contributed by atoms with Crippen LogP contribution in [0.4, 0.5) is 11.4 Å². The molecule has 0 aliphatic carbocycles. The van der Waals surface area contributed by atoms with Gasteiger partial charge >= 0.3 is 0 Å². The van der Waals surface area contributed by atoms with Gasteiger partial charge in [-0.2, -0.15) is 0 Å². The van der Waals surface area contributed by atoms with Crippen LogP contribution in [-0.4, -0.2) is 67.9 Å². The summed E-state index contributed by atoms with van der Waals surface area (Å²) in [6.07, 6.45) is 0. The van der Waals surface area contributed by atoms with Crippen LogP contribution in [0.3, 0.4) is 0 Å². The summed E-state index contributed by atoms with van der Waals surface area (Å²) in [5.74, 6) is 0.209. The smallest absolute Gasteiger partial charge is 0.117 e. The summed E-state index contributed by atoms with van der Waals surface area (Å²) in [5, 5.41) is 12.7. The van der Waals surface area contributed by atoms with Crippen molar-refractivity contribution in [3.63, 3.8) is 0 Å². The van der Waals surface area contributed by atoms with E-state index in [1.165, 1.54) is 13.1 Å². The Labute approximate surface area is 115 Å². The number of piperazine rings is 1. The van der Waals surface area contributed by atoms with Crippen LogP contribution in [0.5, 0.6) is 5.75 Å². The minimum absolute atomic E-state index is 0.209. The van der Waals surface area contributed by atoms with Gasteiger partial charge in [-0.15, -0.1) is 0 Å². The fourth-order valence-corrected chi connectivity index (χ4v) is 2.44. The average molecular weight is 265 g/mol. The fourth-order valence-electron chi connectivity index (χ4n) is 2.44. The van der Waals surface area contributed by atoms with Gasteiger partial charge in [-0.25, -0.2) is 0 Å². The average Bonchev–Trinajstić information content (AvgIpc) is 2.36. The van der Waals surface area contributed by atoms with Gasteiger partial charge in [0.25, 0.3) is 0 Å². The fraction of sp³-hybridized carbons (Fsp3) is 0.571. The van der Waals surface area contributed by atoms with Crippen molar-refractivity contribution in [3.8, 4) is 5.75 Å². The molecule has 1 aromatic rings. The number of nitrogens with two attached hydrogens (primary N) is 1. The molecule has 1 aliphatic rings. The Morgan fingerprint density at radius 1 is 1.37 bits per heavy atom. The Morgan fingerprint density at radius 2 is 2.05 bits per heavy atom. The third-order valence-corrected chi connectivity index (χ3v) is 4.05. The highest BCUT2D eigenvalue weighted by molar-refractivity contribution is 5.67. The molecule has 0 aromatic heterocycles. The highest BCUT2D eigenvalue weighted by Gasteiger charge is 2.26. The van der Waals surface area contributed by atoms with Crippen LogP contribution in [0.2, 0.25) is 0 Å². The highest BCUT2D eigenvalue weighted by atomic mass is 16.3. The van der Waals surface area contributed by atoms with E-state index in [1.54, 1.807) is 12.1 Å². The van der Waals surface area contributed by atoms with Gasteiger partial charge in [-0.3, -0.25) is 4.90 Å². The molecule has 4 N–H and O–H groups in total. The number of nitrogens with one attached hydrogen (secondary N) is 1. The molecular weight excluding hydrogens is 240 g/mol. The zero-order valence-corrected chi connectivity index (χ0v) is 11.9. The van der Waals surface area contributed by atoms with Crippen molar-refractivity contribution in [2.75, 3.05) is 64.4 Å². The predicted molar refractivity (Wildman–Crippen MR) is 79.3 cm³/mol. The number of hydrogen-bond donors (Lipinski definition) is 3. The molecule has 106 valence electrons. The van der Waals surface area contributed by atoms with Crippen LogP contribution in [0.15, 0.2) is 18.2 Å². The number of quaternary nitrogens is 1. The number of hydrogen-bond acceptors (Lipinski definition) is 4. The lowest BCUT2D eigenvalue weighted by molar-refractivity contribution is -0.911. The molecule has 0 radical (unpaired) electrons. The minimum atomic E-state index is 0.209. The minimum Gasteiger partial charge on any atom is -0.508 e. The second-order valence-electron chi connectivity index (χ2n) is 5.79. The summed E-state index contributed by atoms with van der Waals surface area (Å²) in [6.45, 7) is 6.71. The van der Waals surface area contributed by atoms with E-state index in [9.17, 15) is 5.11 Å². The Balaban J connectivity index is 1.83. The lowest BCUT2D eigenvalue weighted by Gasteiger charge is -2.41. The molecule has 5 heteroatoms. The number of nitrogens with zero attached hydrogens (tertiary/aromatic N) is 2. The molecule has 1 aliphatic heterocycles. The van der Waals surface area contributed by atoms with Crippen molar-refractivity contribution in [3.05, 3.63) is 18.2 Å². The normalized spacial score (nSPS) is 19.3. The van der Waals surface area contributed by atoms with Crippen molar-refractivity contribution in [1.29, 1.82) is 0 Å². The molecule has 19 heavy (non-hydrogen) atoms. The van der Waals surface area contributed by atoms with Gasteiger partial charge in [0.15, 0.2) is 0 Å². The van der Waals surface area contributed by atoms with Crippen LogP contribution < -0.4 is 11.1 Å². The highest BCUT2D eigenvalue weighted by Crippen LogP contribution is 2.23. The number of rotatable bonds is 4. The first-order chi connectivity index (χ1) is 8.98. The maximum atomic E-state index is 9.32. The van der Waals surface area contributed by atoms with Gasteiger partial charge in [0.2, 0.25) is 0 Å². The monoisotopic (exact) mass is 265 g/mol. The molecule has 0 spiro atoms. The van der Waals surface area contributed by atoms with Crippen molar-refractivity contribution in [1.82, 2.24) is 4.90 Å². The van der Waals surface area contributed by atoms with E-state index in [0.29, 0.717) is 5.69 Å². The molecule has 1 aromatic carbocycles. The van der Waals surface area contributed by atoms with Gasteiger partial charge in [-0.1, -0.05) is 0 Å². The van der Waals surface area contributed by atoms with Crippen LogP contribution in [0.25, 0.3) is 0 Å². The number of nitrogen functional groups attached to an aromatic ring is 1. The molecular formula is C14H25N4O+. The third kappa shape index (κ3) is 3.75. The van der Waals surface area contributed by atoms with Gasteiger partial charge < -0.3 is 20.6 Å². The van der Waals surface area contributed by atoms with Crippen LogP contribution in [-0.2, 0) is 0 Å². The van der Waals surface area contributed by atoms with Crippen molar-refractivity contribution in [2.24, 2.45) is 0 Å². The summed E-state index contributed by atoms with van der Waals surface area (Å²) in [7, 11) is 4.49. The molecule has 5 nitrogen and oxygen atoms in total. The van der Waals surface area contributed by atoms with Gasteiger partial charge in [0.1, 0.15) is 5.75 Å². The predicted octanol–water partition coefficient (Wildman–Crippen LogP) is 0.778. The van der Waals surface area contributed by atoms with Crippen LogP contribution in [0, 0.1) is 0 Å². The first-order valence-electron chi connectivity index (χ1n) is 6.83. The second-order valence-corrected chi connectivity index (χ2v) is 5.79. The number of phenolic OH excluding ortho intramolecular Hbond substituents is 1. The van der Waals surface area contributed by atoms with E-state index in [-0.39, 0.29) is 5.75 Å². The number of anilines is 2. The number of benzene rings is 1. The number of phenols is 1. The zero-order valence-electron chi connectivity index (χ0n) is 11.9. The maximum Gasteiger partial charge on any atom is 0.117 e. The van der Waals surface area contributed by atoms with Gasteiger partial charge in [-0.05, 0) is 19.2 Å². The molecule has 2 rings (SSSR count). The summed E-state index contributed by atoms with van der Waals surface area (Å²) < 4.78 is 1.11. The molecule has 0 unspecified atom stereocenters. The Morgan fingerprint density at radius 3 is 2.68 bits per heavy atom. The molecule has 1 heterocycles. The third-order valence-electron chi connectivity index (χ3n) is 4.05. The Hall–Kier alpha value is -1.46. The van der Waals surface area contributed by atoms with Crippen molar-refractivity contribution in [2.45, 2.75) is 0 Å². The first kappa shape index (κ1) is 14.0. The molecule has 0 saturated carbocycles. The lowest BCUT2D eigenvalue weighted by atomic mass is 10.2. The standard InChI is InChI=1S/C14H24N4O/c1-17-6-9-18(2,10-7-17)8-5-16-14-4-3-12(19)11-13(14)15/h3-4,11,16H,5-10,15H2,1-2H3/p+1. The van der Waals surface area contributed by atoms with Gasteiger partial charge in [0, 0.05) is 19.2 Å². The van der Waals surface area contributed by atoms with Crippen molar-refractivity contribution < 1.29 is 9.59 Å². The Kier molecular flexibility index (Phi) is 4.17. The van der Waals surface area contributed by atoms with Crippen LogP contribution in [0.1, 0.15) is 0 Å². The molecule has 1 fully saturated rings. The molecule has 0 atom stereocenters. The summed E-state index contributed by atoms with van der Waals surface area (Å²) in [6, 6.07) is 5.06. The number of likely N-dealkylation sites (N-methyl/N-ethyl adjacent to an activating group) is 2. The van der Waals surface area contributed by atoms with E-state index < -0.39 is 0 Å². The summed E-state index contributed by atoms with van der Waals surface area (Å²) in [4.78, 5) is 2.38. The van der Waals surface area contributed by atoms with E-state index in [2.05, 4.69) is 24.3 Å². The Bertz CT molecular complexity index is 427. The van der Waals surface area contributed by atoms with E-state index in [1.807, 2.05) is 6.07 Å². The maximum absolute atomic E-state index is 9.32. The van der Waals surface area contributed by atoms with E-state index in [4.69, 9.17) is 5.73 Å². The van der Waals surface area contributed by atoms with E-state index in [0.717, 1.165) is 36.3 Å². The number of aromatic hydroxyl groups is 1. The van der Waals surface area contributed by atoms with E-state index >= 15 is 0 Å². The first-order valence-corrected chi connectivity index (χ1v) is 6.83. The topological polar surface area (TPSA) is 61.5 Å². The molecule has 0 amide bonds. The lowest BCUT2D eigenvalue weighted by Crippen LogP contribution is -2.57. The molecule has 1 saturated heterocycles. The largest absolute Gasteiger partial charge is 0.508 e. The van der Waals surface area contributed by atoms with Crippen LogP contribution >= 0.6 is 0 Å². The quantitative estimate of drug-likeness (QED) is 0.428. The SMILES string of the molecule is CN1CC[N+](C)(CCNc2ccc(O)cc2N)CC1. The summed E-state index contributed by atoms with van der Waals surface area (Å²) >= 11 is 0. The van der Waals surface area contributed by atoms with Crippen molar-refractivity contribution >= 4 is 11.4 Å². The van der Waals surface area contributed by atoms with Gasteiger partial charge in [0.05, 0.1) is 44.6 Å².